The second kappa shape index (κ2) is 3.33. The molecule has 0 aromatic carbocycles. The molecule has 60 valence electrons. The topological polar surface area (TPSA) is 12.5 Å². The van der Waals surface area contributed by atoms with Crippen molar-refractivity contribution in [1.82, 2.24) is 0 Å². The van der Waals surface area contributed by atoms with E-state index in [2.05, 4.69) is 11.7 Å². The van der Waals surface area contributed by atoms with Crippen LogP contribution in [0.15, 0.2) is 0 Å². The van der Waals surface area contributed by atoms with E-state index in [1.807, 2.05) is 0 Å². The van der Waals surface area contributed by atoms with Gasteiger partial charge in [-0.1, -0.05) is 26.2 Å². The van der Waals surface area contributed by atoms with Gasteiger partial charge in [-0.05, 0) is 6.42 Å². The van der Waals surface area contributed by atoms with Crippen molar-refractivity contribution in [2.75, 3.05) is 6.61 Å². The first-order chi connectivity index (χ1) is 4.77. The van der Waals surface area contributed by atoms with Gasteiger partial charge in [0.2, 0.25) is 5.85 Å². The molecule has 0 aromatic heterocycles. The third-order valence-corrected chi connectivity index (χ3v) is 1.86. The molecule has 1 nitrogen and oxygen atoms in total. The highest BCUT2D eigenvalue weighted by molar-refractivity contribution is 4.79. The Morgan fingerprint density at radius 1 is 1.40 bits per heavy atom. The van der Waals surface area contributed by atoms with Crippen LogP contribution in [0, 0.1) is 0 Å². The molecule has 1 saturated heterocycles. The van der Waals surface area contributed by atoms with Crippen molar-refractivity contribution in [3.63, 3.8) is 0 Å². The van der Waals surface area contributed by atoms with Gasteiger partial charge in [-0.25, -0.2) is 4.39 Å². The minimum Gasteiger partial charge on any atom is -0.338 e. The molecule has 0 N–H and O–H groups in total. The summed E-state index contributed by atoms with van der Waals surface area (Å²) in [7, 11) is 0. The molecule has 0 aliphatic carbocycles. The fourth-order valence-electron chi connectivity index (χ4n) is 1.04. The van der Waals surface area contributed by atoms with Crippen molar-refractivity contribution in [3.05, 3.63) is 0 Å². The van der Waals surface area contributed by atoms with Gasteiger partial charge in [0.25, 0.3) is 0 Å². The zero-order valence-electron chi connectivity index (χ0n) is 6.53. The van der Waals surface area contributed by atoms with Crippen LogP contribution in [-0.4, -0.2) is 12.5 Å². The Labute approximate surface area is 61.6 Å². The molecule has 0 spiro atoms. The average Bonchev–Trinajstić information content (AvgIpc) is 2.62. The lowest BCUT2D eigenvalue weighted by Crippen LogP contribution is -2.00. The van der Waals surface area contributed by atoms with Crippen LogP contribution in [0.5, 0.6) is 0 Å². The molecule has 0 amide bonds. The van der Waals surface area contributed by atoms with Gasteiger partial charge >= 0.3 is 0 Å². The van der Waals surface area contributed by atoms with Crippen LogP contribution in [0.4, 0.5) is 4.39 Å². The molecule has 1 aliphatic rings. The molecule has 0 aromatic rings. The quantitative estimate of drug-likeness (QED) is 0.429. The Kier molecular flexibility index (Phi) is 2.66. The maximum Gasteiger partial charge on any atom is 0.233 e. The van der Waals surface area contributed by atoms with Crippen molar-refractivity contribution in [2.24, 2.45) is 0 Å². The van der Waals surface area contributed by atoms with E-state index in [-0.39, 0.29) is 0 Å². The van der Waals surface area contributed by atoms with Gasteiger partial charge in [0.05, 0.1) is 0 Å². The van der Waals surface area contributed by atoms with E-state index in [1.165, 1.54) is 12.8 Å². The summed E-state index contributed by atoms with van der Waals surface area (Å²) in [5.74, 6) is -1.20. The SMILES string of the molecule is CCCCCCC1(F)CO1. The maximum absolute atomic E-state index is 12.7. The number of alkyl halides is 1. The van der Waals surface area contributed by atoms with Crippen LogP contribution in [0.25, 0.3) is 0 Å². The highest BCUT2D eigenvalue weighted by Gasteiger charge is 2.44. The summed E-state index contributed by atoms with van der Waals surface area (Å²) in [5.41, 5.74) is 0. The monoisotopic (exact) mass is 146 g/mol. The Balaban J connectivity index is 1.86. The van der Waals surface area contributed by atoms with E-state index in [1.54, 1.807) is 0 Å². The molecule has 0 bridgehead atoms. The Bertz CT molecular complexity index is 99.4. The van der Waals surface area contributed by atoms with Crippen LogP contribution in [-0.2, 0) is 4.74 Å². The minimum absolute atomic E-state index is 0.332. The summed E-state index contributed by atoms with van der Waals surface area (Å²) >= 11 is 0. The summed E-state index contributed by atoms with van der Waals surface area (Å²) in [5, 5.41) is 0. The molecule has 1 atom stereocenters. The number of unbranched alkanes of at least 4 members (excludes halogenated alkanes) is 3. The number of hydrogen-bond donors (Lipinski definition) is 0. The largest absolute Gasteiger partial charge is 0.338 e. The predicted octanol–water partition coefficient (Wildman–Crippen LogP) is 2.65. The molecule has 0 radical (unpaired) electrons. The normalized spacial score (nSPS) is 30.6. The molecule has 10 heavy (non-hydrogen) atoms. The maximum atomic E-state index is 12.7. The zero-order chi connectivity index (χ0) is 7.45. The molecule has 1 heterocycles. The number of rotatable bonds is 5. The van der Waals surface area contributed by atoms with Crippen molar-refractivity contribution in [1.29, 1.82) is 0 Å². The molecule has 1 rings (SSSR count). The lowest BCUT2D eigenvalue weighted by Gasteiger charge is -1.99. The van der Waals surface area contributed by atoms with Gasteiger partial charge in [0.15, 0.2) is 0 Å². The number of ether oxygens (including phenoxy) is 1. The van der Waals surface area contributed by atoms with E-state index >= 15 is 0 Å². The molecule has 1 unspecified atom stereocenters. The standard InChI is InChI=1S/C8H15FO/c1-2-3-4-5-6-8(9)7-10-8/h2-7H2,1H3. The van der Waals surface area contributed by atoms with Gasteiger partial charge in [-0.2, -0.15) is 0 Å². The second-order valence-corrected chi connectivity index (χ2v) is 2.98. The summed E-state index contributed by atoms with van der Waals surface area (Å²) in [6.45, 7) is 2.48. The highest BCUT2D eigenvalue weighted by Crippen LogP contribution is 2.33. The Morgan fingerprint density at radius 3 is 2.60 bits per heavy atom. The van der Waals surface area contributed by atoms with Crippen molar-refractivity contribution >= 4 is 0 Å². The van der Waals surface area contributed by atoms with Crippen LogP contribution in [0.3, 0.4) is 0 Å². The van der Waals surface area contributed by atoms with E-state index in [9.17, 15) is 4.39 Å². The predicted molar refractivity (Wildman–Crippen MR) is 38.6 cm³/mol. The Morgan fingerprint density at radius 2 is 2.10 bits per heavy atom. The van der Waals surface area contributed by atoms with Gasteiger partial charge < -0.3 is 4.74 Å². The number of hydrogen-bond acceptors (Lipinski definition) is 1. The fraction of sp³-hybridized carbons (Fsp3) is 1.00. The van der Waals surface area contributed by atoms with Crippen molar-refractivity contribution < 1.29 is 9.13 Å². The molecule has 2 heteroatoms. The summed E-state index contributed by atoms with van der Waals surface area (Å²) < 4.78 is 17.3. The second-order valence-electron chi connectivity index (χ2n) is 2.98. The summed E-state index contributed by atoms with van der Waals surface area (Å²) in [6, 6.07) is 0. The first-order valence-electron chi connectivity index (χ1n) is 4.10. The molecular formula is C8H15FO. The van der Waals surface area contributed by atoms with Crippen LogP contribution >= 0.6 is 0 Å². The average molecular weight is 146 g/mol. The van der Waals surface area contributed by atoms with E-state index < -0.39 is 5.85 Å². The third-order valence-electron chi connectivity index (χ3n) is 1.86. The van der Waals surface area contributed by atoms with Gasteiger partial charge in [0.1, 0.15) is 6.61 Å². The number of halogens is 1. The van der Waals surface area contributed by atoms with Gasteiger partial charge in [-0.3, -0.25) is 0 Å². The van der Waals surface area contributed by atoms with Gasteiger partial charge in [-0.15, -0.1) is 0 Å². The molecule has 0 saturated carbocycles. The van der Waals surface area contributed by atoms with E-state index in [4.69, 9.17) is 0 Å². The molecule has 1 fully saturated rings. The third kappa shape index (κ3) is 2.65. The van der Waals surface area contributed by atoms with Crippen LogP contribution < -0.4 is 0 Å². The first kappa shape index (κ1) is 7.99. The zero-order valence-corrected chi connectivity index (χ0v) is 6.53. The summed E-state index contributed by atoms with van der Waals surface area (Å²) in [4.78, 5) is 0. The van der Waals surface area contributed by atoms with E-state index in [0.717, 1.165) is 12.8 Å². The lowest BCUT2D eigenvalue weighted by atomic mass is 10.1. The summed E-state index contributed by atoms with van der Waals surface area (Å²) in [6.07, 6.45) is 5.15. The highest BCUT2D eigenvalue weighted by atomic mass is 19.2. The molecule has 1 aliphatic heterocycles. The van der Waals surface area contributed by atoms with Crippen molar-refractivity contribution in [2.45, 2.75) is 44.9 Å². The van der Waals surface area contributed by atoms with Crippen LogP contribution in [0.2, 0.25) is 0 Å². The van der Waals surface area contributed by atoms with Crippen LogP contribution in [0.1, 0.15) is 39.0 Å². The number of epoxide rings is 1. The molecular weight excluding hydrogens is 131 g/mol. The Hall–Kier alpha value is -0.110. The lowest BCUT2D eigenvalue weighted by molar-refractivity contribution is 0.126. The first-order valence-corrected chi connectivity index (χ1v) is 4.10. The van der Waals surface area contributed by atoms with Crippen molar-refractivity contribution in [3.8, 4) is 0 Å². The van der Waals surface area contributed by atoms with E-state index in [0.29, 0.717) is 13.0 Å². The van der Waals surface area contributed by atoms with Gasteiger partial charge in [0, 0.05) is 6.42 Å². The minimum atomic E-state index is -1.20. The smallest absolute Gasteiger partial charge is 0.233 e. The fourth-order valence-corrected chi connectivity index (χ4v) is 1.04.